The van der Waals surface area contributed by atoms with Gasteiger partial charge in [-0.2, -0.15) is 0 Å². The van der Waals surface area contributed by atoms with Crippen LogP contribution in [-0.4, -0.2) is 11.7 Å². The first-order chi connectivity index (χ1) is 10.2. The van der Waals surface area contributed by atoms with Crippen LogP contribution in [0.3, 0.4) is 0 Å². The summed E-state index contributed by atoms with van der Waals surface area (Å²) in [4.78, 5) is 0. The first kappa shape index (κ1) is 14.2. The number of benzene rings is 2. The molecule has 2 heteroatoms. The summed E-state index contributed by atoms with van der Waals surface area (Å²) in [6.07, 6.45) is 1.31. The van der Waals surface area contributed by atoms with E-state index in [2.05, 4.69) is 32.0 Å². The van der Waals surface area contributed by atoms with Gasteiger partial charge in [-0.1, -0.05) is 36.4 Å². The summed E-state index contributed by atoms with van der Waals surface area (Å²) < 4.78 is 5.71. The fourth-order valence-electron chi connectivity index (χ4n) is 3.40. The number of para-hydroxylation sites is 1. The maximum atomic E-state index is 10.7. The van der Waals surface area contributed by atoms with Gasteiger partial charge in [0.05, 0.1) is 12.7 Å². The van der Waals surface area contributed by atoms with E-state index in [0.29, 0.717) is 5.92 Å². The van der Waals surface area contributed by atoms with Gasteiger partial charge in [-0.25, -0.2) is 0 Å². The fourth-order valence-corrected chi connectivity index (χ4v) is 3.40. The lowest BCUT2D eigenvalue weighted by Crippen LogP contribution is -2.17. The van der Waals surface area contributed by atoms with Gasteiger partial charge in [-0.05, 0) is 60.9 Å². The molecule has 0 amide bonds. The fraction of sp³-hybridized carbons (Fsp3) is 0.368. The summed E-state index contributed by atoms with van der Waals surface area (Å²) in [6, 6.07) is 14.4. The molecule has 0 bridgehead atoms. The highest BCUT2D eigenvalue weighted by Gasteiger charge is 2.25. The smallest absolute Gasteiger partial charge is 0.122 e. The molecule has 1 aliphatic heterocycles. The van der Waals surface area contributed by atoms with E-state index in [-0.39, 0.29) is 0 Å². The minimum atomic E-state index is -0.414. The van der Waals surface area contributed by atoms with Gasteiger partial charge in [-0.3, -0.25) is 0 Å². The maximum Gasteiger partial charge on any atom is 0.122 e. The molecular formula is C19H22O2. The Balaban J connectivity index is 1.85. The van der Waals surface area contributed by atoms with Crippen molar-refractivity contribution in [2.75, 3.05) is 6.61 Å². The first-order valence-electron chi connectivity index (χ1n) is 7.62. The third-order valence-corrected chi connectivity index (χ3v) is 4.47. The molecule has 0 spiro atoms. The van der Waals surface area contributed by atoms with E-state index in [0.717, 1.165) is 30.8 Å². The van der Waals surface area contributed by atoms with E-state index in [1.165, 1.54) is 16.7 Å². The van der Waals surface area contributed by atoms with Crippen molar-refractivity contribution in [2.24, 2.45) is 0 Å². The van der Waals surface area contributed by atoms with Crippen LogP contribution in [-0.2, 0) is 0 Å². The lowest BCUT2D eigenvalue weighted by molar-refractivity contribution is 0.144. The van der Waals surface area contributed by atoms with Gasteiger partial charge < -0.3 is 9.84 Å². The van der Waals surface area contributed by atoms with Crippen LogP contribution in [0.25, 0.3) is 0 Å². The van der Waals surface area contributed by atoms with Crippen LogP contribution >= 0.6 is 0 Å². The summed E-state index contributed by atoms with van der Waals surface area (Å²) in [6.45, 7) is 4.88. The van der Waals surface area contributed by atoms with Crippen LogP contribution in [0.2, 0.25) is 0 Å². The Morgan fingerprint density at radius 3 is 2.57 bits per heavy atom. The molecule has 21 heavy (non-hydrogen) atoms. The molecule has 3 rings (SSSR count). The van der Waals surface area contributed by atoms with E-state index >= 15 is 0 Å². The normalized spacial score (nSPS) is 18.7. The average molecular weight is 282 g/mol. The molecule has 2 unspecified atom stereocenters. The van der Waals surface area contributed by atoms with Crippen LogP contribution in [0, 0.1) is 13.8 Å². The van der Waals surface area contributed by atoms with Crippen molar-refractivity contribution in [3.8, 4) is 5.75 Å². The Morgan fingerprint density at radius 2 is 1.81 bits per heavy atom. The number of rotatable bonds is 3. The lowest BCUT2D eigenvalue weighted by atomic mass is 9.85. The van der Waals surface area contributed by atoms with Crippen molar-refractivity contribution in [2.45, 2.75) is 38.7 Å². The SMILES string of the molecule is Cc1cccc(C)c1C(O)CC1CCOc2ccccc21. The maximum absolute atomic E-state index is 10.7. The van der Waals surface area contributed by atoms with Gasteiger partial charge in [0.25, 0.3) is 0 Å². The topological polar surface area (TPSA) is 29.5 Å². The number of aliphatic hydroxyl groups excluding tert-OH is 1. The van der Waals surface area contributed by atoms with Crippen LogP contribution in [0.1, 0.15) is 47.1 Å². The summed E-state index contributed by atoms with van der Waals surface area (Å²) >= 11 is 0. The molecule has 0 fully saturated rings. The minimum absolute atomic E-state index is 0.365. The highest BCUT2D eigenvalue weighted by Crippen LogP contribution is 2.39. The Bertz CT molecular complexity index is 613. The molecule has 2 aromatic rings. The highest BCUT2D eigenvalue weighted by molar-refractivity contribution is 5.39. The molecule has 0 radical (unpaired) electrons. The molecule has 1 N–H and O–H groups in total. The second kappa shape index (κ2) is 5.90. The molecule has 0 aliphatic carbocycles. The van der Waals surface area contributed by atoms with Crippen molar-refractivity contribution in [3.63, 3.8) is 0 Å². The third-order valence-electron chi connectivity index (χ3n) is 4.47. The van der Waals surface area contributed by atoms with Crippen LogP contribution in [0.4, 0.5) is 0 Å². The van der Waals surface area contributed by atoms with Gasteiger partial charge in [-0.15, -0.1) is 0 Å². The summed E-state index contributed by atoms with van der Waals surface area (Å²) in [5.74, 6) is 1.34. The molecule has 0 saturated carbocycles. The summed E-state index contributed by atoms with van der Waals surface area (Å²) in [7, 11) is 0. The Kier molecular flexibility index (Phi) is 3.98. The zero-order valence-electron chi connectivity index (χ0n) is 12.7. The van der Waals surface area contributed by atoms with Gasteiger partial charge in [0.15, 0.2) is 0 Å². The monoisotopic (exact) mass is 282 g/mol. The van der Waals surface area contributed by atoms with E-state index in [9.17, 15) is 5.11 Å². The van der Waals surface area contributed by atoms with Crippen LogP contribution < -0.4 is 4.74 Å². The van der Waals surface area contributed by atoms with Crippen molar-refractivity contribution in [3.05, 3.63) is 64.7 Å². The van der Waals surface area contributed by atoms with Crippen molar-refractivity contribution in [1.82, 2.24) is 0 Å². The zero-order valence-corrected chi connectivity index (χ0v) is 12.7. The molecule has 2 atom stereocenters. The van der Waals surface area contributed by atoms with E-state index in [4.69, 9.17) is 4.74 Å². The molecule has 1 heterocycles. The van der Waals surface area contributed by atoms with Crippen molar-refractivity contribution in [1.29, 1.82) is 0 Å². The lowest BCUT2D eigenvalue weighted by Gasteiger charge is -2.28. The van der Waals surface area contributed by atoms with Crippen LogP contribution in [0.5, 0.6) is 5.75 Å². The Hall–Kier alpha value is -1.80. The van der Waals surface area contributed by atoms with Gasteiger partial charge >= 0.3 is 0 Å². The number of ether oxygens (including phenoxy) is 1. The number of hydrogen-bond donors (Lipinski definition) is 1. The second-order valence-corrected chi connectivity index (χ2v) is 5.93. The third kappa shape index (κ3) is 2.81. The molecular weight excluding hydrogens is 260 g/mol. The Morgan fingerprint density at radius 1 is 1.10 bits per heavy atom. The van der Waals surface area contributed by atoms with Crippen molar-refractivity contribution < 1.29 is 9.84 Å². The van der Waals surface area contributed by atoms with E-state index < -0.39 is 6.10 Å². The highest BCUT2D eigenvalue weighted by atomic mass is 16.5. The number of aliphatic hydroxyl groups is 1. The number of aryl methyl sites for hydroxylation is 2. The van der Waals surface area contributed by atoms with Gasteiger partial charge in [0, 0.05) is 0 Å². The Labute approximate surface area is 126 Å². The number of hydrogen-bond acceptors (Lipinski definition) is 2. The molecule has 1 aliphatic rings. The molecule has 0 saturated heterocycles. The largest absolute Gasteiger partial charge is 0.493 e. The molecule has 2 nitrogen and oxygen atoms in total. The predicted molar refractivity (Wildman–Crippen MR) is 84.8 cm³/mol. The molecule has 2 aromatic carbocycles. The van der Waals surface area contributed by atoms with Crippen LogP contribution in [0.15, 0.2) is 42.5 Å². The average Bonchev–Trinajstić information content (AvgIpc) is 2.47. The molecule has 110 valence electrons. The first-order valence-corrected chi connectivity index (χ1v) is 7.62. The van der Waals surface area contributed by atoms with Gasteiger partial charge in [0.2, 0.25) is 0 Å². The minimum Gasteiger partial charge on any atom is -0.493 e. The summed E-state index contributed by atoms with van der Waals surface area (Å²) in [5.41, 5.74) is 4.65. The second-order valence-electron chi connectivity index (χ2n) is 5.93. The van der Waals surface area contributed by atoms with Crippen molar-refractivity contribution >= 4 is 0 Å². The quantitative estimate of drug-likeness (QED) is 0.909. The van der Waals surface area contributed by atoms with E-state index in [1.807, 2.05) is 24.3 Å². The molecule has 0 aromatic heterocycles. The van der Waals surface area contributed by atoms with Gasteiger partial charge in [0.1, 0.15) is 5.75 Å². The van der Waals surface area contributed by atoms with E-state index in [1.54, 1.807) is 0 Å². The predicted octanol–water partition coefficient (Wildman–Crippen LogP) is 4.29. The number of fused-ring (bicyclic) bond motifs is 1. The zero-order chi connectivity index (χ0) is 14.8. The summed E-state index contributed by atoms with van der Waals surface area (Å²) in [5, 5.41) is 10.7. The standard InChI is InChI=1S/C19H22O2/c1-13-6-5-7-14(2)19(13)17(20)12-15-10-11-21-18-9-4-3-8-16(15)18/h3-9,15,17,20H,10-12H2,1-2H3.